The molecule has 114 valence electrons. The molecule has 21 heavy (non-hydrogen) atoms. The highest BCUT2D eigenvalue weighted by atomic mass is 32.2. The maximum atomic E-state index is 12.2. The van der Waals surface area contributed by atoms with Crippen molar-refractivity contribution < 1.29 is 22.7 Å². The van der Waals surface area contributed by atoms with Crippen molar-refractivity contribution in [2.45, 2.75) is 23.8 Å². The van der Waals surface area contributed by atoms with E-state index in [1.807, 2.05) is 0 Å². The van der Waals surface area contributed by atoms with E-state index in [2.05, 4.69) is 14.8 Å². The number of ether oxygens (including phenoxy) is 1. The van der Waals surface area contributed by atoms with Gasteiger partial charge in [0.25, 0.3) is 0 Å². The van der Waals surface area contributed by atoms with Crippen molar-refractivity contribution in [3.05, 3.63) is 29.8 Å². The number of hydrogen-bond acceptors (Lipinski definition) is 5. The lowest BCUT2D eigenvalue weighted by Gasteiger charge is -2.23. The highest BCUT2D eigenvalue weighted by molar-refractivity contribution is 7.89. The van der Waals surface area contributed by atoms with Crippen LogP contribution >= 0.6 is 0 Å². The number of esters is 1. The number of sulfonamides is 1. The lowest BCUT2D eigenvalue weighted by molar-refractivity contribution is -0.122. The molecule has 1 aliphatic heterocycles. The van der Waals surface area contributed by atoms with Gasteiger partial charge in [0.2, 0.25) is 15.9 Å². The summed E-state index contributed by atoms with van der Waals surface area (Å²) in [5.41, 5.74) is 0.279. The Labute approximate surface area is 122 Å². The van der Waals surface area contributed by atoms with E-state index < -0.39 is 16.0 Å². The van der Waals surface area contributed by atoms with Crippen molar-refractivity contribution >= 4 is 21.9 Å². The Kier molecular flexibility index (Phi) is 4.59. The van der Waals surface area contributed by atoms with Gasteiger partial charge >= 0.3 is 5.97 Å². The van der Waals surface area contributed by atoms with E-state index in [0.717, 1.165) is 0 Å². The van der Waals surface area contributed by atoms with Crippen LogP contribution in [0, 0.1) is 0 Å². The van der Waals surface area contributed by atoms with E-state index in [0.29, 0.717) is 12.8 Å². The number of amides is 1. The molecule has 0 radical (unpaired) electrons. The smallest absolute Gasteiger partial charge is 0.337 e. The van der Waals surface area contributed by atoms with E-state index >= 15 is 0 Å². The molecule has 8 heteroatoms. The van der Waals surface area contributed by atoms with Crippen LogP contribution < -0.4 is 10.0 Å². The summed E-state index contributed by atoms with van der Waals surface area (Å²) in [5.74, 6) is -0.602. The van der Waals surface area contributed by atoms with Gasteiger partial charge in [0.1, 0.15) is 0 Å². The minimum Gasteiger partial charge on any atom is -0.465 e. The minimum atomic E-state index is -3.68. The van der Waals surface area contributed by atoms with E-state index in [4.69, 9.17) is 0 Å². The quantitative estimate of drug-likeness (QED) is 0.764. The molecule has 1 aromatic carbocycles. The van der Waals surface area contributed by atoms with E-state index in [-0.39, 0.29) is 29.0 Å². The van der Waals surface area contributed by atoms with Gasteiger partial charge < -0.3 is 10.1 Å². The predicted octanol–water partition coefficient (Wildman–Crippen LogP) is 0.0301. The number of benzene rings is 1. The Morgan fingerprint density at radius 3 is 2.52 bits per heavy atom. The molecule has 1 fully saturated rings. The Balaban J connectivity index is 2.08. The molecule has 1 saturated heterocycles. The molecule has 0 aromatic heterocycles. The molecule has 2 rings (SSSR count). The molecule has 1 aromatic rings. The van der Waals surface area contributed by atoms with Gasteiger partial charge in [0.05, 0.1) is 17.6 Å². The molecule has 1 atom stereocenters. The third-order valence-corrected chi connectivity index (χ3v) is 4.71. The van der Waals surface area contributed by atoms with E-state index in [1.165, 1.54) is 31.4 Å². The second kappa shape index (κ2) is 6.23. The van der Waals surface area contributed by atoms with Crippen LogP contribution in [0.4, 0.5) is 0 Å². The molecule has 1 amide bonds. The van der Waals surface area contributed by atoms with Crippen LogP contribution in [-0.2, 0) is 19.6 Å². The number of carbonyl (C=O) groups is 2. The largest absolute Gasteiger partial charge is 0.465 e. The third-order valence-electron chi connectivity index (χ3n) is 3.17. The number of methoxy groups -OCH3 is 1. The van der Waals surface area contributed by atoms with Crippen LogP contribution in [0.2, 0.25) is 0 Å². The lowest BCUT2D eigenvalue weighted by atomic mass is 10.1. The monoisotopic (exact) mass is 312 g/mol. The van der Waals surface area contributed by atoms with Crippen molar-refractivity contribution in [2.75, 3.05) is 13.7 Å². The second-order valence-corrected chi connectivity index (χ2v) is 6.39. The Bertz CT molecular complexity index is 629. The first kappa shape index (κ1) is 15.5. The minimum absolute atomic E-state index is 0.0621. The van der Waals surface area contributed by atoms with Crippen LogP contribution in [0.15, 0.2) is 29.2 Å². The molecule has 0 bridgehead atoms. The van der Waals surface area contributed by atoms with Crippen LogP contribution in [0.3, 0.4) is 0 Å². The fraction of sp³-hybridized carbons (Fsp3) is 0.385. The highest BCUT2D eigenvalue weighted by Gasteiger charge is 2.24. The first-order valence-electron chi connectivity index (χ1n) is 6.40. The van der Waals surface area contributed by atoms with Gasteiger partial charge in [-0.05, 0) is 30.7 Å². The molecule has 1 heterocycles. The molecule has 0 saturated carbocycles. The summed E-state index contributed by atoms with van der Waals surface area (Å²) < 4.78 is 31.5. The van der Waals surface area contributed by atoms with Crippen molar-refractivity contribution in [2.24, 2.45) is 0 Å². The van der Waals surface area contributed by atoms with Gasteiger partial charge in [-0.15, -0.1) is 0 Å². The van der Waals surface area contributed by atoms with Crippen LogP contribution in [0.1, 0.15) is 23.2 Å². The zero-order valence-electron chi connectivity index (χ0n) is 11.5. The van der Waals surface area contributed by atoms with Crippen molar-refractivity contribution in [3.63, 3.8) is 0 Å². The van der Waals surface area contributed by atoms with Crippen molar-refractivity contribution in [1.82, 2.24) is 10.0 Å². The maximum Gasteiger partial charge on any atom is 0.337 e. The third kappa shape index (κ3) is 3.79. The molecule has 2 N–H and O–H groups in total. The van der Waals surface area contributed by atoms with Gasteiger partial charge in [0, 0.05) is 19.0 Å². The van der Waals surface area contributed by atoms with Crippen LogP contribution in [0.5, 0.6) is 0 Å². The number of piperidine rings is 1. The van der Waals surface area contributed by atoms with Gasteiger partial charge in [0.15, 0.2) is 0 Å². The molecule has 0 spiro atoms. The Morgan fingerprint density at radius 1 is 1.33 bits per heavy atom. The molecule has 1 unspecified atom stereocenters. The SMILES string of the molecule is COC(=O)c1ccc(S(=O)(=O)NC2CCC(=O)NC2)cc1. The Hall–Kier alpha value is -1.93. The molecule has 0 aliphatic carbocycles. The molecule has 1 aliphatic rings. The average Bonchev–Trinajstić information content (AvgIpc) is 2.49. The van der Waals surface area contributed by atoms with Crippen LogP contribution in [-0.4, -0.2) is 40.0 Å². The maximum absolute atomic E-state index is 12.2. The first-order valence-corrected chi connectivity index (χ1v) is 7.88. The van der Waals surface area contributed by atoms with Crippen molar-refractivity contribution in [1.29, 1.82) is 0 Å². The predicted molar refractivity (Wildman–Crippen MR) is 74.1 cm³/mol. The highest BCUT2D eigenvalue weighted by Crippen LogP contribution is 2.13. The lowest BCUT2D eigenvalue weighted by Crippen LogP contribution is -2.47. The standard InChI is InChI=1S/C13H16N2O5S/c1-20-13(17)9-2-5-11(6-3-9)21(18,19)15-10-4-7-12(16)14-8-10/h2-3,5-6,10,15H,4,7-8H2,1H3,(H,14,16). The summed E-state index contributed by atoms with van der Waals surface area (Å²) >= 11 is 0. The zero-order valence-corrected chi connectivity index (χ0v) is 12.3. The number of nitrogens with one attached hydrogen (secondary N) is 2. The van der Waals surface area contributed by atoms with Gasteiger partial charge in [-0.25, -0.2) is 17.9 Å². The molecular formula is C13H16N2O5S. The summed E-state index contributed by atoms with van der Waals surface area (Å²) in [6, 6.07) is 5.14. The summed E-state index contributed by atoms with van der Waals surface area (Å²) in [4.78, 5) is 22.4. The Morgan fingerprint density at radius 2 is 2.00 bits per heavy atom. The topological polar surface area (TPSA) is 102 Å². The fourth-order valence-electron chi connectivity index (χ4n) is 2.01. The summed E-state index contributed by atoms with van der Waals surface area (Å²) in [5, 5.41) is 2.61. The summed E-state index contributed by atoms with van der Waals surface area (Å²) in [7, 11) is -2.42. The first-order chi connectivity index (χ1) is 9.92. The number of hydrogen-bond donors (Lipinski definition) is 2. The molecule has 7 nitrogen and oxygen atoms in total. The zero-order chi connectivity index (χ0) is 15.5. The van der Waals surface area contributed by atoms with E-state index in [1.54, 1.807) is 0 Å². The van der Waals surface area contributed by atoms with E-state index in [9.17, 15) is 18.0 Å². The number of rotatable bonds is 4. The average molecular weight is 312 g/mol. The normalized spacial score (nSPS) is 18.9. The van der Waals surface area contributed by atoms with Crippen molar-refractivity contribution in [3.8, 4) is 0 Å². The fourth-order valence-corrected chi connectivity index (χ4v) is 3.28. The summed E-state index contributed by atoms with van der Waals surface area (Å²) in [6.45, 7) is 0.276. The second-order valence-electron chi connectivity index (χ2n) is 4.68. The van der Waals surface area contributed by atoms with Gasteiger partial charge in [-0.1, -0.05) is 0 Å². The number of carbonyl (C=O) groups excluding carboxylic acids is 2. The van der Waals surface area contributed by atoms with Gasteiger partial charge in [-0.3, -0.25) is 4.79 Å². The summed E-state index contributed by atoms with van der Waals surface area (Å²) in [6.07, 6.45) is 0.764. The van der Waals surface area contributed by atoms with Gasteiger partial charge in [-0.2, -0.15) is 0 Å². The molecular weight excluding hydrogens is 296 g/mol. The van der Waals surface area contributed by atoms with Crippen LogP contribution in [0.25, 0.3) is 0 Å².